The van der Waals surface area contributed by atoms with Gasteiger partial charge in [-0.3, -0.25) is 4.90 Å². The van der Waals surface area contributed by atoms with Gasteiger partial charge in [0, 0.05) is 43.9 Å². The van der Waals surface area contributed by atoms with Gasteiger partial charge in [0.15, 0.2) is 11.5 Å². The lowest BCUT2D eigenvalue weighted by molar-refractivity contribution is 0.0342. The molecule has 2 aromatic carbocycles. The highest BCUT2D eigenvalue weighted by molar-refractivity contribution is 5.89. The number of hydrogen-bond acceptors (Lipinski definition) is 5. The van der Waals surface area contributed by atoms with Gasteiger partial charge in [-0.15, -0.1) is 0 Å². The first kappa shape index (κ1) is 20.5. The molecule has 1 unspecified atom stereocenters. The Balaban J connectivity index is 1.39. The van der Waals surface area contributed by atoms with E-state index in [9.17, 15) is 4.79 Å². The number of anilines is 1. The van der Waals surface area contributed by atoms with Gasteiger partial charge in [-0.25, -0.2) is 4.79 Å². The first-order valence-corrected chi connectivity index (χ1v) is 10.6. The lowest BCUT2D eigenvalue weighted by Crippen LogP contribution is -2.49. The van der Waals surface area contributed by atoms with Gasteiger partial charge in [0.1, 0.15) is 0 Å². The van der Waals surface area contributed by atoms with E-state index in [0.29, 0.717) is 30.4 Å². The molecule has 0 spiro atoms. The molecule has 30 heavy (non-hydrogen) atoms. The summed E-state index contributed by atoms with van der Waals surface area (Å²) in [5, 5.41) is 6.09. The number of ether oxygens (including phenoxy) is 3. The SMILES string of the molecule is O=C(Nc1ccc2c(c1)OCCCO2)NC(Cc1ccccc1)CN1CCOCC1. The molecule has 0 radical (unpaired) electrons. The Kier molecular flexibility index (Phi) is 7.05. The van der Waals surface area contributed by atoms with Crippen LogP contribution in [-0.2, 0) is 11.2 Å². The summed E-state index contributed by atoms with van der Waals surface area (Å²) in [5.41, 5.74) is 1.88. The normalized spacial score (nSPS) is 17.6. The van der Waals surface area contributed by atoms with Gasteiger partial charge < -0.3 is 24.8 Å². The van der Waals surface area contributed by atoms with Crippen molar-refractivity contribution in [3.63, 3.8) is 0 Å². The molecule has 1 atom stereocenters. The minimum absolute atomic E-state index is 0.00842. The van der Waals surface area contributed by atoms with Crippen LogP contribution in [0.25, 0.3) is 0 Å². The summed E-state index contributed by atoms with van der Waals surface area (Å²) in [4.78, 5) is 15.1. The van der Waals surface area contributed by atoms with E-state index in [1.165, 1.54) is 5.56 Å². The molecule has 2 aliphatic heterocycles. The third-order valence-electron chi connectivity index (χ3n) is 5.25. The van der Waals surface area contributed by atoms with Gasteiger partial charge in [-0.05, 0) is 24.1 Å². The van der Waals surface area contributed by atoms with Crippen LogP contribution in [-0.4, -0.2) is 63.0 Å². The second-order valence-corrected chi connectivity index (χ2v) is 7.61. The van der Waals surface area contributed by atoms with Gasteiger partial charge in [-0.1, -0.05) is 30.3 Å². The summed E-state index contributed by atoms with van der Waals surface area (Å²) in [5.74, 6) is 1.38. The molecule has 1 fully saturated rings. The summed E-state index contributed by atoms with van der Waals surface area (Å²) in [6.45, 7) is 5.29. The molecule has 0 aromatic heterocycles. The van der Waals surface area contributed by atoms with E-state index in [-0.39, 0.29) is 12.1 Å². The number of urea groups is 1. The van der Waals surface area contributed by atoms with Crippen LogP contribution in [0.5, 0.6) is 11.5 Å². The van der Waals surface area contributed by atoms with Gasteiger partial charge in [-0.2, -0.15) is 0 Å². The minimum Gasteiger partial charge on any atom is -0.490 e. The molecule has 4 rings (SSSR count). The van der Waals surface area contributed by atoms with E-state index < -0.39 is 0 Å². The molecule has 0 aliphatic carbocycles. The van der Waals surface area contributed by atoms with Crippen molar-refractivity contribution in [2.75, 3.05) is 51.4 Å². The van der Waals surface area contributed by atoms with Crippen LogP contribution >= 0.6 is 0 Å². The topological polar surface area (TPSA) is 72.1 Å². The maximum atomic E-state index is 12.8. The van der Waals surface area contributed by atoms with Crippen LogP contribution in [0.4, 0.5) is 10.5 Å². The Hall–Kier alpha value is -2.77. The highest BCUT2D eigenvalue weighted by Gasteiger charge is 2.20. The number of carbonyl (C=O) groups excluding carboxylic acids is 1. The number of nitrogens with one attached hydrogen (secondary N) is 2. The fraction of sp³-hybridized carbons (Fsp3) is 0.435. The fourth-order valence-electron chi connectivity index (χ4n) is 3.75. The lowest BCUT2D eigenvalue weighted by Gasteiger charge is -2.31. The lowest BCUT2D eigenvalue weighted by atomic mass is 10.1. The third kappa shape index (κ3) is 5.87. The molecular formula is C23H29N3O4. The Morgan fingerprint density at radius 1 is 0.967 bits per heavy atom. The predicted octanol–water partition coefficient (Wildman–Crippen LogP) is 2.91. The number of rotatable bonds is 6. The van der Waals surface area contributed by atoms with Crippen LogP contribution in [0.15, 0.2) is 48.5 Å². The van der Waals surface area contributed by atoms with Gasteiger partial charge in [0.05, 0.1) is 26.4 Å². The summed E-state index contributed by atoms with van der Waals surface area (Å²) < 4.78 is 16.8. The van der Waals surface area contributed by atoms with Crippen LogP contribution < -0.4 is 20.1 Å². The molecule has 1 saturated heterocycles. The van der Waals surface area contributed by atoms with Crippen molar-refractivity contribution in [3.05, 3.63) is 54.1 Å². The van der Waals surface area contributed by atoms with E-state index in [0.717, 1.165) is 45.7 Å². The predicted molar refractivity (Wildman–Crippen MR) is 115 cm³/mol. The number of carbonyl (C=O) groups is 1. The van der Waals surface area contributed by atoms with Crippen molar-refractivity contribution in [1.29, 1.82) is 0 Å². The Labute approximate surface area is 177 Å². The maximum absolute atomic E-state index is 12.8. The molecule has 2 aromatic rings. The molecule has 2 heterocycles. The summed E-state index contributed by atoms with van der Waals surface area (Å²) in [6, 6.07) is 15.5. The van der Waals surface area contributed by atoms with Crippen molar-refractivity contribution in [1.82, 2.24) is 10.2 Å². The van der Waals surface area contributed by atoms with Crippen LogP contribution in [0.2, 0.25) is 0 Å². The quantitative estimate of drug-likeness (QED) is 0.765. The van der Waals surface area contributed by atoms with E-state index in [4.69, 9.17) is 14.2 Å². The van der Waals surface area contributed by atoms with Gasteiger partial charge in [0.2, 0.25) is 0 Å². The smallest absolute Gasteiger partial charge is 0.319 e. The first-order valence-electron chi connectivity index (χ1n) is 10.6. The van der Waals surface area contributed by atoms with Crippen molar-refractivity contribution in [3.8, 4) is 11.5 Å². The molecular weight excluding hydrogens is 382 g/mol. The largest absolute Gasteiger partial charge is 0.490 e. The monoisotopic (exact) mass is 411 g/mol. The Bertz CT molecular complexity index is 824. The van der Waals surface area contributed by atoms with Crippen molar-refractivity contribution in [2.45, 2.75) is 18.9 Å². The number of morpholine rings is 1. The zero-order chi connectivity index (χ0) is 20.6. The van der Waals surface area contributed by atoms with Gasteiger partial charge in [0.25, 0.3) is 0 Å². The molecule has 2 aliphatic rings. The third-order valence-corrected chi connectivity index (χ3v) is 5.25. The molecule has 0 bridgehead atoms. The zero-order valence-corrected chi connectivity index (χ0v) is 17.1. The number of nitrogens with zero attached hydrogens (tertiary/aromatic N) is 1. The molecule has 2 N–H and O–H groups in total. The van der Waals surface area contributed by atoms with Crippen LogP contribution in [0.3, 0.4) is 0 Å². The molecule has 160 valence electrons. The van der Waals surface area contributed by atoms with Crippen LogP contribution in [0.1, 0.15) is 12.0 Å². The summed E-state index contributed by atoms with van der Waals surface area (Å²) in [6.07, 6.45) is 1.62. The number of amides is 2. The van der Waals surface area contributed by atoms with E-state index >= 15 is 0 Å². The van der Waals surface area contributed by atoms with E-state index in [1.807, 2.05) is 36.4 Å². The second-order valence-electron chi connectivity index (χ2n) is 7.61. The molecule has 7 heteroatoms. The Morgan fingerprint density at radius 2 is 1.73 bits per heavy atom. The first-order chi connectivity index (χ1) is 14.8. The van der Waals surface area contributed by atoms with E-state index in [2.05, 4.69) is 27.7 Å². The molecule has 2 amide bonds. The minimum atomic E-state index is -0.223. The highest BCUT2D eigenvalue weighted by atomic mass is 16.5. The Morgan fingerprint density at radius 3 is 2.53 bits per heavy atom. The summed E-state index contributed by atoms with van der Waals surface area (Å²) >= 11 is 0. The van der Waals surface area contributed by atoms with Gasteiger partial charge >= 0.3 is 6.03 Å². The molecule has 7 nitrogen and oxygen atoms in total. The van der Waals surface area contributed by atoms with Crippen molar-refractivity contribution in [2.24, 2.45) is 0 Å². The number of hydrogen-bond donors (Lipinski definition) is 2. The van der Waals surface area contributed by atoms with Crippen molar-refractivity contribution >= 4 is 11.7 Å². The van der Waals surface area contributed by atoms with Crippen molar-refractivity contribution < 1.29 is 19.0 Å². The molecule has 0 saturated carbocycles. The zero-order valence-electron chi connectivity index (χ0n) is 17.1. The maximum Gasteiger partial charge on any atom is 0.319 e. The summed E-state index contributed by atoms with van der Waals surface area (Å²) in [7, 11) is 0. The number of benzene rings is 2. The standard InChI is InChI=1S/C23H29N3O4/c27-23(24-19-7-8-21-22(16-19)30-12-4-11-29-21)25-20(15-18-5-2-1-3-6-18)17-26-9-13-28-14-10-26/h1-3,5-8,16,20H,4,9-15,17H2,(H2,24,25,27). The van der Waals surface area contributed by atoms with Crippen LogP contribution in [0, 0.1) is 0 Å². The fourth-order valence-corrected chi connectivity index (χ4v) is 3.75. The van der Waals surface area contributed by atoms with E-state index in [1.54, 1.807) is 0 Å². The average molecular weight is 412 g/mol. The number of fused-ring (bicyclic) bond motifs is 1. The highest BCUT2D eigenvalue weighted by Crippen LogP contribution is 2.32. The average Bonchev–Trinajstić information content (AvgIpc) is 3.00. The second kappa shape index (κ2) is 10.3.